The van der Waals surface area contributed by atoms with Crippen molar-refractivity contribution in [3.63, 3.8) is 0 Å². The van der Waals surface area contributed by atoms with Crippen LogP contribution >= 0.6 is 0 Å². The third-order valence-corrected chi connectivity index (χ3v) is 6.18. The molecule has 1 aromatic heterocycles. The smallest absolute Gasteiger partial charge is 0.279 e. The molecule has 2 heterocycles. The summed E-state index contributed by atoms with van der Waals surface area (Å²) in [5.74, 6) is 0.300. The third-order valence-electron chi connectivity index (χ3n) is 6.18. The number of fused-ring (bicyclic) bond motifs is 1. The summed E-state index contributed by atoms with van der Waals surface area (Å²) < 4.78 is 11.4. The Bertz CT molecular complexity index is 1170. The molecule has 2 unspecified atom stereocenters. The van der Waals surface area contributed by atoms with Gasteiger partial charge in [0.15, 0.2) is 6.10 Å². The van der Waals surface area contributed by atoms with Crippen LogP contribution < -0.4 is 20.5 Å². The van der Waals surface area contributed by atoms with Crippen LogP contribution in [-0.4, -0.2) is 24.0 Å². The van der Waals surface area contributed by atoms with Crippen molar-refractivity contribution in [2.45, 2.75) is 52.8 Å². The molecular formula is C26H29N3O4. The molecule has 0 spiro atoms. The number of furan rings is 1. The number of para-hydroxylation sites is 1. The van der Waals surface area contributed by atoms with Crippen LogP contribution in [0.4, 0.5) is 5.69 Å². The molecule has 0 fully saturated rings. The van der Waals surface area contributed by atoms with Crippen LogP contribution in [0, 0.1) is 13.8 Å². The lowest BCUT2D eigenvalue weighted by Gasteiger charge is -2.24. The Morgan fingerprint density at radius 1 is 1.12 bits per heavy atom. The van der Waals surface area contributed by atoms with Gasteiger partial charge in [-0.3, -0.25) is 20.4 Å². The van der Waals surface area contributed by atoms with Crippen molar-refractivity contribution in [2.75, 3.05) is 4.90 Å². The average molecular weight is 448 g/mol. The van der Waals surface area contributed by atoms with E-state index >= 15 is 0 Å². The van der Waals surface area contributed by atoms with Crippen LogP contribution in [-0.2, 0) is 17.8 Å². The van der Waals surface area contributed by atoms with Crippen LogP contribution in [0.3, 0.4) is 0 Å². The number of hydrogen-bond donors (Lipinski definition) is 2. The van der Waals surface area contributed by atoms with Gasteiger partial charge in [0, 0.05) is 11.7 Å². The maximum absolute atomic E-state index is 12.8. The zero-order chi connectivity index (χ0) is 23.5. The maximum atomic E-state index is 12.8. The van der Waals surface area contributed by atoms with Crippen LogP contribution in [0.5, 0.6) is 5.75 Å². The highest BCUT2D eigenvalue weighted by Crippen LogP contribution is 2.33. The zero-order valence-electron chi connectivity index (χ0n) is 19.3. The number of carbonyl (C=O) groups excluding carboxylic acids is 2. The van der Waals surface area contributed by atoms with Crippen molar-refractivity contribution in [1.29, 1.82) is 0 Å². The lowest BCUT2D eigenvalue weighted by molar-refractivity contribution is -0.128. The maximum Gasteiger partial charge on any atom is 0.279 e. The highest BCUT2D eigenvalue weighted by atomic mass is 16.5. The minimum Gasteiger partial charge on any atom is -0.481 e. The van der Waals surface area contributed by atoms with E-state index in [1.54, 1.807) is 13.0 Å². The summed E-state index contributed by atoms with van der Waals surface area (Å²) in [7, 11) is 0. The fourth-order valence-corrected chi connectivity index (χ4v) is 4.07. The van der Waals surface area contributed by atoms with E-state index in [0.29, 0.717) is 29.7 Å². The number of nitrogens with one attached hydrogen (secondary N) is 2. The number of anilines is 1. The average Bonchev–Trinajstić information content (AvgIpc) is 3.39. The number of aryl methyl sites for hydroxylation is 1. The van der Waals surface area contributed by atoms with Crippen molar-refractivity contribution in [3.05, 3.63) is 82.8 Å². The van der Waals surface area contributed by atoms with E-state index in [-0.39, 0.29) is 0 Å². The second kappa shape index (κ2) is 9.40. The van der Waals surface area contributed by atoms with Gasteiger partial charge in [0.1, 0.15) is 11.5 Å². The molecule has 2 aromatic carbocycles. The van der Waals surface area contributed by atoms with Crippen molar-refractivity contribution < 1.29 is 18.7 Å². The van der Waals surface area contributed by atoms with Gasteiger partial charge in [-0.1, -0.05) is 30.3 Å². The summed E-state index contributed by atoms with van der Waals surface area (Å²) >= 11 is 0. The quantitative estimate of drug-likeness (QED) is 0.557. The van der Waals surface area contributed by atoms with Gasteiger partial charge in [-0.05, 0) is 69.0 Å². The monoisotopic (exact) mass is 447 g/mol. The molecule has 1 aliphatic rings. The lowest BCUT2D eigenvalue weighted by atomic mass is 10.1. The minimum absolute atomic E-state index is 0.297. The zero-order valence-corrected chi connectivity index (χ0v) is 19.3. The Balaban J connectivity index is 1.37. The molecule has 0 saturated heterocycles. The first-order valence-corrected chi connectivity index (χ1v) is 11.1. The first kappa shape index (κ1) is 22.5. The highest BCUT2D eigenvalue weighted by molar-refractivity contribution is 5.96. The number of ether oxygens (including phenoxy) is 1. The normalized spacial score (nSPS) is 15.6. The topological polar surface area (TPSA) is 83.8 Å². The lowest BCUT2D eigenvalue weighted by Crippen LogP contribution is -2.47. The molecule has 0 radical (unpaired) electrons. The number of hydrazine groups is 1. The Labute approximate surface area is 193 Å². The van der Waals surface area contributed by atoms with E-state index in [4.69, 9.17) is 9.15 Å². The number of carbonyl (C=O) groups is 2. The predicted molar refractivity (Wildman–Crippen MR) is 126 cm³/mol. The van der Waals surface area contributed by atoms with Gasteiger partial charge in [0.05, 0.1) is 18.4 Å². The third kappa shape index (κ3) is 4.72. The van der Waals surface area contributed by atoms with Gasteiger partial charge < -0.3 is 14.1 Å². The standard InChI is InChI=1S/C26H29N3O4/c1-16-8-7-11-23(18(16)3)33-19(4)25(30)27-28-26(31)21-12-13-32-24(21)15-29-17(2)14-20-9-5-6-10-22(20)29/h5-13,17,19H,14-15H2,1-4H3,(H,27,30)(H,28,31). The van der Waals surface area contributed by atoms with E-state index in [0.717, 1.165) is 23.2 Å². The second-order valence-corrected chi connectivity index (χ2v) is 8.47. The number of benzene rings is 2. The minimum atomic E-state index is -0.781. The molecule has 2 atom stereocenters. The summed E-state index contributed by atoms with van der Waals surface area (Å²) in [6.07, 6.45) is 1.66. The SMILES string of the molecule is Cc1cccc(OC(C)C(=O)NNC(=O)c2ccoc2CN2c3ccccc3CC2C)c1C. The first-order chi connectivity index (χ1) is 15.8. The van der Waals surface area contributed by atoms with Gasteiger partial charge >= 0.3 is 0 Å². The van der Waals surface area contributed by atoms with Crippen molar-refractivity contribution >= 4 is 17.5 Å². The van der Waals surface area contributed by atoms with Crippen LogP contribution in [0.1, 0.15) is 46.7 Å². The molecule has 0 saturated carbocycles. The van der Waals surface area contributed by atoms with Crippen molar-refractivity contribution in [3.8, 4) is 5.75 Å². The van der Waals surface area contributed by atoms with E-state index in [2.05, 4.69) is 34.8 Å². The number of amides is 2. The van der Waals surface area contributed by atoms with Crippen molar-refractivity contribution in [2.24, 2.45) is 0 Å². The van der Waals surface area contributed by atoms with Crippen LogP contribution in [0.15, 0.2) is 59.2 Å². The van der Waals surface area contributed by atoms with Gasteiger partial charge in [0.25, 0.3) is 11.8 Å². The Hall–Kier alpha value is -3.74. The van der Waals surface area contributed by atoms with Crippen LogP contribution in [0.2, 0.25) is 0 Å². The molecule has 33 heavy (non-hydrogen) atoms. The summed E-state index contributed by atoms with van der Waals surface area (Å²) in [5, 5.41) is 0. The summed E-state index contributed by atoms with van der Waals surface area (Å²) in [6, 6.07) is 15.8. The molecule has 0 bridgehead atoms. The number of nitrogens with zero attached hydrogens (tertiary/aromatic N) is 1. The van der Waals surface area contributed by atoms with Gasteiger partial charge in [-0.2, -0.15) is 0 Å². The molecule has 4 rings (SSSR count). The second-order valence-electron chi connectivity index (χ2n) is 8.47. The summed E-state index contributed by atoms with van der Waals surface area (Å²) in [4.78, 5) is 27.5. The largest absolute Gasteiger partial charge is 0.481 e. The molecule has 2 amide bonds. The fraction of sp³-hybridized carbons (Fsp3) is 0.308. The predicted octanol–water partition coefficient (Wildman–Crippen LogP) is 4.08. The van der Waals surface area contributed by atoms with E-state index in [1.165, 1.54) is 11.8 Å². The first-order valence-electron chi connectivity index (χ1n) is 11.1. The summed E-state index contributed by atoms with van der Waals surface area (Å²) in [5.41, 5.74) is 9.80. The fourth-order valence-electron chi connectivity index (χ4n) is 4.07. The Morgan fingerprint density at radius 2 is 1.91 bits per heavy atom. The van der Waals surface area contributed by atoms with Gasteiger partial charge in [-0.25, -0.2) is 0 Å². The molecule has 3 aromatic rings. The molecule has 2 N–H and O–H groups in total. The highest BCUT2D eigenvalue weighted by Gasteiger charge is 2.28. The molecule has 172 valence electrons. The van der Waals surface area contributed by atoms with E-state index < -0.39 is 17.9 Å². The molecular weight excluding hydrogens is 418 g/mol. The Kier molecular flexibility index (Phi) is 6.40. The number of hydrogen-bond acceptors (Lipinski definition) is 5. The van der Waals surface area contributed by atoms with Crippen LogP contribution in [0.25, 0.3) is 0 Å². The van der Waals surface area contributed by atoms with Crippen molar-refractivity contribution in [1.82, 2.24) is 10.9 Å². The van der Waals surface area contributed by atoms with Gasteiger partial charge in [0.2, 0.25) is 0 Å². The number of rotatable bonds is 6. The van der Waals surface area contributed by atoms with E-state index in [1.807, 2.05) is 44.2 Å². The molecule has 7 nitrogen and oxygen atoms in total. The Morgan fingerprint density at radius 3 is 2.73 bits per heavy atom. The molecule has 7 heteroatoms. The molecule has 1 aliphatic heterocycles. The molecule has 0 aliphatic carbocycles. The van der Waals surface area contributed by atoms with E-state index in [9.17, 15) is 9.59 Å². The summed E-state index contributed by atoms with van der Waals surface area (Å²) in [6.45, 7) is 8.18. The van der Waals surface area contributed by atoms with Gasteiger partial charge in [-0.15, -0.1) is 0 Å².